The number of benzene rings is 1. The zero-order valence-electron chi connectivity index (χ0n) is 9.99. The summed E-state index contributed by atoms with van der Waals surface area (Å²) in [6, 6.07) is 8.86. The quantitative estimate of drug-likeness (QED) is 0.848. The first kappa shape index (κ1) is 11.5. The summed E-state index contributed by atoms with van der Waals surface area (Å²) in [5, 5.41) is 0. The lowest BCUT2D eigenvalue weighted by molar-refractivity contribution is 0.324. The number of hydrogen-bond acceptors (Lipinski definition) is 2. The molecule has 0 heterocycles. The number of ether oxygens (including phenoxy) is 1. The van der Waals surface area contributed by atoms with Gasteiger partial charge in [0.1, 0.15) is 5.75 Å². The Labute approximate surface area is 97.8 Å². The minimum Gasteiger partial charge on any atom is -0.497 e. The second kappa shape index (κ2) is 5.35. The van der Waals surface area contributed by atoms with Crippen LogP contribution in [-0.2, 0) is 6.42 Å². The molecule has 88 valence electrons. The van der Waals surface area contributed by atoms with Crippen LogP contribution < -0.4 is 10.5 Å². The summed E-state index contributed by atoms with van der Waals surface area (Å²) in [6.07, 6.45) is 6.10. The van der Waals surface area contributed by atoms with Crippen molar-refractivity contribution in [3.8, 4) is 5.75 Å². The summed E-state index contributed by atoms with van der Waals surface area (Å²) in [4.78, 5) is 0. The third kappa shape index (κ3) is 2.99. The molecular weight excluding hydrogens is 198 g/mol. The molecule has 0 spiro atoms. The lowest BCUT2D eigenvalue weighted by Gasteiger charge is -2.26. The Morgan fingerprint density at radius 2 is 2.00 bits per heavy atom. The summed E-state index contributed by atoms with van der Waals surface area (Å²) in [5.74, 6) is 1.77. The maximum Gasteiger partial charge on any atom is 0.119 e. The predicted molar refractivity (Wildman–Crippen MR) is 66.6 cm³/mol. The van der Waals surface area contributed by atoms with Gasteiger partial charge in [-0.25, -0.2) is 0 Å². The molecule has 2 nitrogen and oxygen atoms in total. The van der Waals surface area contributed by atoms with Gasteiger partial charge in [-0.15, -0.1) is 0 Å². The van der Waals surface area contributed by atoms with Gasteiger partial charge in [-0.05, 0) is 55.7 Å². The van der Waals surface area contributed by atoms with Crippen molar-refractivity contribution in [2.24, 2.45) is 11.7 Å². The van der Waals surface area contributed by atoms with E-state index in [9.17, 15) is 0 Å². The highest BCUT2D eigenvalue weighted by Gasteiger charge is 2.18. The standard InChI is InChI=1S/C14H21NO/c1-16-14-4-2-3-12(10-14)9-11-5-7-13(15)8-6-11/h2-4,10-11,13H,5-9,15H2,1H3. The molecule has 2 N–H and O–H groups in total. The molecule has 0 radical (unpaired) electrons. The fourth-order valence-corrected chi connectivity index (χ4v) is 2.53. The van der Waals surface area contributed by atoms with E-state index in [0.29, 0.717) is 6.04 Å². The monoisotopic (exact) mass is 219 g/mol. The van der Waals surface area contributed by atoms with E-state index >= 15 is 0 Å². The number of methoxy groups -OCH3 is 1. The van der Waals surface area contributed by atoms with Crippen LogP contribution in [0, 0.1) is 5.92 Å². The van der Waals surface area contributed by atoms with Gasteiger partial charge in [-0.1, -0.05) is 12.1 Å². The molecule has 0 atom stereocenters. The molecule has 2 heteroatoms. The van der Waals surface area contributed by atoms with Gasteiger partial charge in [0.2, 0.25) is 0 Å². The van der Waals surface area contributed by atoms with E-state index in [2.05, 4.69) is 18.2 Å². The molecule has 0 aromatic heterocycles. The third-order valence-electron chi connectivity index (χ3n) is 3.55. The summed E-state index contributed by atoms with van der Waals surface area (Å²) in [6.45, 7) is 0. The molecular formula is C14H21NO. The van der Waals surface area contributed by atoms with E-state index in [4.69, 9.17) is 10.5 Å². The first-order chi connectivity index (χ1) is 7.78. The molecule has 16 heavy (non-hydrogen) atoms. The third-order valence-corrected chi connectivity index (χ3v) is 3.55. The zero-order valence-corrected chi connectivity index (χ0v) is 9.99. The number of hydrogen-bond donors (Lipinski definition) is 1. The van der Waals surface area contributed by atoms with Gasteiger partial charge in [0.25, 0.3) is 0 Å². The smallest absolute Gasteiger partial charge is 0.119 e. The van der Waals surface area contributed by atoms with E-state index in [1.807, 2.05) is 6.07 Å². The molecule has 0 saturated heterocycles. The normalized spacial score (nSPS) is 25.4. The second-order valence-corrected chi connectivity index (χ2v) is 4.84. The predicted octanol–water partition coefficient (Wildman–Crippen LogP) is 2.76. The minimum absolute atomic E-state index is 0.446. The molecule has 0 amide bonds. The second-order valence-electron chi connectivity index (χ2n) is 4.84. The van der Waals surface area contributed by atoms with Crippen molar-refractivity contribution < 1.29 is 4.74 Å². The van der Waals surface area contributed by atoms with E-state index in [1.54, 1.807) is 7.11 Å². The molecule has 0 aliphatic heterocycles. The highest BCUT2D eigenvalue weighted by atomic mass is 16.5. The van der Waals surface area contributed by atoms with Crippen LogP contribution in [0.5, 0.6) is 5.75 Å². The van der Waals surface area contributed by atoms with Crippen LogP contribution >= 0.6 is 0 Å². The molecule has 0 unspecified atom stereocenters. The molecule has 1 aromatic carbocycles. The van der Waals surface area contributed by atoms with Crippen molar-refractivity contribution in [3.05, 3.63) is 29.8 Å². The Morgan fingerprint density at radius 3 is 2.69 bits per heavy atom. The Hall–Kier alpha value is -1.02. The lowest BCUT2D eigenvalue weighted by atomic mass is 9.83. The van der Waals surface area contributed by atoms with Crippen LogP contribution in [0.1, 0.15) is 31.2 Å². The van der Waals surface area contributed by atoms with Gasteiger partial charge in [0.05, 0.1) is 7.11 Å². The van der Waals surface area contributed by atoms with Crippen LogP contribution in [-0.4, -0.2) is 13.2 Å². The Morgan fingerprint density at radius 1 is 1.25 bits per heavy atom. The SMILES string of the molecule is COc1cccc(CC2CCC(N)CC2)c1. The van der Waals surface area contributed by atoms with Crippen molar-refractivity contribution in [1.82, 2.24) is 0 Å². The van der Waals surface area contributed by atoms with Crippen molar-refractivity contribution in [2.75, 3.05) is 7.11 Å². The van der Waals surface area contributed by atoms with Gasteiger partial charge in [0, 0.05) is 6.04 Å². The maximum absolute atomic E-state index is 5.92. The lowest BCUT2D eigenvalue weighted by Crippen LogP contribution is -2.27. The molecule has 0 bridgehead atoms. The van der Waals surface area contributed by atoms with Crippen molar-refractivity contribution in [3.63, 3.8) is 0 Å². The maximum atomic E-state index is 5.92. The Balaban J connectivity index is 1.93. The Bertz CT molecular complexity index is 329. The minimum atomic E-state index is 0.446. The van der Waals surface area contributed by atoms with E-state index in [-0.39, 0.29) is 0 Å². The molecule has 1 saturated carbocycles. The zero-order chi connectivity index (χ0) is 11.4. The number of nitrogens with two attached hydrogens (primary N) is 1. The summed E-state index contributed by atoms with van der Waals surface area (Å²) < 4.78 is 5.24. The van der Waals surface area contributed by atoms with Crippen molar-refractivity contribution in [1.29, 1.82) is 0 Å². The summed E-state index contributed by atoms with van der Waals surface area (Å²) in [7, 11) is 1.72. The van der Waals surface area contributed by atoms with Crippen LogP contribution in [0.25, 0.3) is 0 Å². The Kier molecular flexibility index (Phi) is 3.83. The summed E-state index contributed by atoms with van der Waals surface area (Å²) >= 11 is 0. The fraction of sp³-hybridized carbons (Fsp3) is 0.571. The molecule has 1 aliphatic carbocycles. The average Bonchev–Trinajstić information content (AvgIpc) is 2.32. The highest BCUT2D eigenvalue weighted by molar-refractivity contribution is 5.28. The van der Waals surface area contributed by atoms with Gasteiger partial charge >= 0.3 is 0 Å². The largest absolute Gasteiger partial charge is 0.497 e. The summed E-state index contributed by atoms with van der Waals surface area (Å²) in [5.41, 5.74) is 7.30. The fourth-order valence-electron chi connectivity index (χ4n) is 2.53. The number of rotatable bonds is 3. The molecule has 1 aliphatic rings. The van der Waals surface area contributed by atoms with Gasteiger partial charge in [-0.3, -0.25) is 0 Å². The van der Waals surface area contributed by atoms with E-state index in [0.717, 1.165) is 11.7 Å². The van der Waals surface area contributed by atoms with E-state index < -0.39 is 0 Å². The van der Waals surface area contributed by atoms with Crippen LogP contribution in [0.15, 0.2) is 24.3 Å². The van der Waals surface area contributed by atoms with Crippen molar-refractivity contribution >= 4 is 0 Å². The van der Waals surface area contributed by atoms with E-state index in [1.165, 1.54) is 37.7 Å². The molecule has 1 aromatic rings. The average molecular weight is 219 g/mol. The first-order valence-corrected chi connectivity index (χ1v) is 6.16. The van der Waals surface area contributed by atoms with Crippen LogP contribution in [0.2, 0.25) is 0 Å². The van der Waals surface area contributed by atoms with Gasteiger partial charge < -0.3 is 10.5 Å². The highest BCUT2D eigenvalue weighted by Crippen LogP contribution is 2.27. The van der Waals surface area contributed by atoms with Gasteiger partial charge in [-0.2, -0.15) is 0 Å². The van der Waals surface area contributed by atoms with Crippen molar-refractivity contribution in [2.45, 2.75) is 38.1 Å². The topological polar surface area (TPSA) is 35.2 Å². The van der Waals surface area contributed by atoms with Gasteiger partial charge in [0.15, 0.2) is 0 Å². The first-order valence-electron chi connectivity index (χ1n) is 6.16. The molecule has 1 fully saturated rings. The molecule has 2 rings (SSSR count). The van der Waals surface area contributed by atoms with Crippen LogP contribution in [0.4, 0.5) is 0 Å². The van der Waals surface area contributed by atoms with Crippen LogP contribution in [0.3, 0.4) is 0 Å².